The number of fused-ring (bicyclic) bond motifs is 6. The van der Waals surface area contributed by atoms with Gasteiger partial charge in [-0.2, -0.15) is 0 Å². The van der Waals surface area contributed by atoms with Gasteiger partial charge in [-0.1, -0.05) is 48.5 Å². The van der Waals surface area contributed by atoms with Crippen LogP contribution in [0.2, 0.25) is 0 Å². The van der Waals surface area contributed by atoms with Gasteiger partial charge in [0.1, 0.15) is 6.61 Å². The first kappa shape index (κ1) is 19.1. The lowest BCUT2D eigenvalue weighted by Crippen LogP contribution is -2.67. The summed E-state index contributed by atoms with van der Waals surface area (Å²) < 4.78 is 5.70. The number of aliphatic carboxylic acids is 1. The van der Waals surface area contributed by atoms with Gasteiger partial charge in [0.05, 0.1) is 12.0 Å². The fraction of sp³-hybridized carbons (Fsp3) is 0.417. The lowest BCUT2D eigenvalue weighted by Gasteiger charge is -2.52. The lowest BCUT2D eigenvalue weighted by atomic mass is 9.71. The van der Waals surface area contributed by atoms with Gasteiger partial charge in [0.2, 0.25) is 0 Å². The van der Waals surface area contributed by atoms with Crippen LogP contribution in [-0.4, -0.2) is 53.8 Å². The van der Waals surface area contributed by atoms with Crippen LogP contribution in [-0.2, 0) is 9.53 Å². The second kappa shape index (κ2) is 7.43. The summed E-state index contributed by atoms with van der Waals surface area (Å²) in [7, 11) is 0. The SMILES string of the molecule is O=C(O)CC1(NC(=O)OCC2c3ccccc3-c3ccccc32)CN2CCC1CC2. The van der Waals surface area contributed by atoms with E-state index in [1.54, 1.807) is 0 Å². The molecule has 30 heavy (non-hydrogen) atoms. The van der Waals surface area contributed by atoms with E-state index in [9.17, 15) is 14.7 Å². The molecular weight excluding hydrogens is 380 g/mol. The Balaban J connectivity index is 1.32. The number of hydrogen-bond acceptors (Lipinski definition) is 4. The number of carbonyl (C=O) groups excluding carboxylic acids is 1. The summed E-state index contributed by atoms with van der Waals surface area (Å²) in [5.74, 6) is -0.716. The Labute approximate surface area is 175 Å². The second-order valence-corrected chi connectivity index (χ2v) is 8.73. The molecule has 3 fully saturated rings. The van der Waals surface area contributed by atoms with Crippen molar-refractivity contribution < 1.29 is 19.4 Å². The van der Waals surface area contributed by atoms with Crippen molar-refractivity contribution in [2.75, 3.05) is 26.2 Å². The van der Waals surface area contributed by atoms with Gasteiger partial charge in [-0.15, -0.1) is 0 Å². The van der Waals surface area contributed by atoms with Gasteiger partial charge < -0.3 is 20.1 Å². The predicted octanol–water partition coefficient (Wildman–Crippen LogP) is 3.46. The Morgan fingerprint density at radius 2 is 1.63 bits per heavy atom. The minimum absolute atomic E-state index is 0.00914. The minimum atomic E-state index is -0.886. The van der Waals surface area contributed by atoms with Crippen molar-refractivity contribution in [1.29, 1.82) is 0 Å². The Morgan fingerprint density at radius 1 is 1.03 bits per heavy atom. The predicted molar refractivity (Wildman–Crippen MR) is 112 cm³/mol. The maximum absolute atomic E-state index is 12.8. The first-order valence-corrected chi connectivity index (χ1v) is 10.6. The summed E-state index contributed by atoms with van der Waals surface area (Å²) in [6.45, 7) is 2.75. The number of amides is 1. The van der Waals surface area contributed by atoms with Crippen molar-refractivity contribution in [2.24, 2.45) is 5.92 Å². The number of carboxylic acids is 1. The van der Waals surface area contributed by atoms with Crippen molar-refractivity contribution in [2.45, 2.75) is 30.7 Å². The fourth-order valence-electron chi connectivity index (χ4n) is 5.67. The molecule has 1 unspecified atom stereocenters. The fourth-order valence-corrected chi connectivity index (χ4v) is 5.67. The number of alkyl carbamates (subject to hydrolysis) is 1. The number of rotatable bonds is 5. The summed E-state index contributed by atoms with van der Waals surface area (Å²) >= 11 is 0. The van der Waals surface area contributed by atoms with E-state index >= 15 is 0 Å². The Morgan fingerprint density at radius 3 is 2.17 bits per heavy atom. The molecule has 1 amide bonds. The van der Waals surface area contributed by atoms with E-state index in [-0.39, 0.29) is 24.9 Å². The molecule has 6 nitrogen and oxygen atoms in total. The molecule has 3 aliphatic heterocycles. The number of ether oxygens (including phenoxy) is 1. The van der Waals surface area contributed by atoms with Gasteiger partial charge in [0.15, 0.2) is 0 Å². The number of carbonyl (C=O) groups is 2. The molecule has 156 valence electrons. The zero-order chi connectivity index (χ0) is 20.7. The molecule has 3 saturated heterocycles. The minimum Gasteiger partial charge on any atom is -0.481 e. The molecule has 0 radical (unpaired) electrons. The van der Waals surface area contributed by atoms with Crippen LogP contribution in [0.4, 0.5) is 4.79 Å². The highest BCUT2D eigenvalue weighted by Gasteiger charge is 2.49. The number of piperidine rings is 3. The van der Waals surface area contributed by atoms with E-state index in [2.05, 4.69) is 34.5 Å². The lowest BCUT2D eigenvalue weighted by molar-refractivity contribution is -0.141. The summed E-state index contributed by atoms with van der Waals surface area (Å²) in [5.41, 5.74) is 3.94. The van der Waals surface area contributed by atoms with Crippen LogP contribution in [0.25, 0.3) is 11.1 Å². The van der Waals surface area contributed by atoms with E-state index in [0.717, 1.165) is 37.1 Å². The molecule has 0 saturated carbocycles. The normalized spacial score (nSPS) is 26.7. The number of hydrogen-bond donors (Lipinski definition) is 2. The summed E-state index contributed by atoms with van der Waals surface area (Å²) in [6, 6.07) is 16.4. The van der Waals surface area contributed by atoms with Crippen LogP contribution >= 0.6 is 0 Å². The van der Waals surface area contributed by atoms with E-state index in [4.69, 9.17) is 4.74 Å². The topological polar surface area (TPSA) is 78.9 Å². The van der Waals surface area contributed by atoms with Gasteiger partial charge in [-0.3, -0.25) is 4.79 Å². The van der Waals surface area contributed by atoms with Gasteiger partial charge in [0.25, 0.3) is 0 Å². The zero-order valence-corrected chi connectivity index (χ0v) is 16.8. The molecule has 6 rings (SSSR count). The maximum Gasteiger partial charge on any atom is 0.407 e. The van der Waals surface area contributed by atoms with Gasteiger partial charge in [0, 0.05) is 12.5 Å². The van der Waals surface area contributed by atoms with E-state index < -0.39 is 17.6 Å². The largest absolute Gasteiger partial charge is 0.481 e. The monoisotopic (exact) mass is 406 g/mol. The molecule has 0 spiro atoms. The maximum atomic E-state index is 12.8. The van der Waals surface area contributed by atoms with E-state index in [1.807, 2.05) is 24.3 Å². The number of nitrogens with one attached hydrogen (secondary N) is 1. The van der Waals surface area contributed by atoms with Crippen molar-refractivity contribution in [1.82, 2.24) is 10.2 Å². The van der Waals surface area contributed by atoms with Crippen LogP contribution in [0.1, 0.15) is 36.3 Å². The van der Waals surface area contributed by atoms with E-state index in [1.165, 1.54) is 11.1 Å². The van der Waals surface area contributed by atoms with E-state index in [0.29, 0.717) is 6.54 Å². The third kappa shape index (κ3) is 3.25. The Kier molecular flexibility index (Phi) is 4.74. The van der Waals surface area contributed by atoms with Crippen molar-refractivity contribution >= 4 is 12.1 Å². The van der Waals surface area contributed by atoms with Gasteiger partial charge >= 0.3 is 12.1 Å². The third-order valence-corrected chi connectivity index (χ3v) is 7.04. The number of nitrogens with zero attached hydrogens (tertiary/aromatic N) is 1. The second-order valence-electron chi connectivity index (χ2n) is 8.73. The quantitative estimate of drug-likeness (QED) is 0.795. The van der Waals surface area contributed by atoms with Crippen LogP contribution < -0.4 is 5.32 Å². The first-order chi connectivity index (χ1) is 14.6. The zero-order valence-electron chi connectivity index (χ0n) is 16.8. The van der Waals surface area contributed by atoms with Crippen LogP contribution in [0, 0.1) is 5.92 Å². The highest BCUT2D eigenvalue weighted by Crippen LogP contribution is 2.44. The number of carboxylic acid groups (broad SMARTS) is 1. The molecule has 2 aromatic carbocycles. The molecule has 2 aromatic rings. The average Bonchev–Trinajstić information content (AvgIpc) is 3.06. The average molecular weight is 406 g/mol. The summed E-state index contributed by atoms with van der Waals surface area (Å²) in [6.07, 6.45) is 1.23. The molecule has 2 bridgehead atoms. The molecule has 3 heterocycles. The highest BCUT2D eigenvalue weighted by molar-refractivity contribution is 5.79. The summed E-state index contributed by atoms with van der Waals surface area (Å²) in [4.78, 5) is 26.6. The Hall–Kier alpha value is -2.86. The molecular formula is C24H26N2O4. The Bertz CT molecular complexity index is 937. The van der Waals surface area contributed by atoms with Crippen LogP contribution in [0.15, 0.2) is 48.5 Å². The van der Waals surface area contributed by atoms with Crippen molar-refractivity contribution in [3.8, 4) is 11.1 Å². The summed E-state index contributed by atoms with van der Waals surface area (Å²) in [5, 5.41) is 12.5. The smallest absolute Gasteiger partial charge is 0.407 e. The van der Waals surface area contributed by atoms with Crippen molar-refractivity contribution in [3.05, 3.63) is 59.7 Å². The van der Waals surface area contributed by atoms with Crippen LogP contribution in [0.5, 0.6) is 0 Å². The van der Waals surface area contributed by atoms with Gasteiger partial charge in [-0.05, 0) is 54.1 Å². The highest BCUT2D eigenvalue weighted by atomic mass is 16.5. The first-order valence-electron chi connectivity index (χ1n) is 10.6. The molecule has 1 aliphatic carbocycles. The molecule has 0 aromatic heterocycles. The molecule has 6 heteroatoms. The standard InChI is InChI=1S/C24H26N2O4/c27-22(28)13-24(15-26-11-9-16(24)10-12-26)25-23(29)30-14-21-19-7-3-1-5-17(19)18-6-2-4-8-20(18)21/h1-8,16,21H,9-15H2,(H,25,29)(H,27,28). The molecule has 2 N–H and O–H groups in total. The molecule has 4 aliphatic rings. The van der Waals surface area contributed by atoms with Crippen molar-refractivity contribution in [3.63, 3.8) is 0 Å². The number of benzene rings is 2. The third-order valence-electron chi connectivity index (χ3n) is 7.04. The molecule has 1 atom stereocenters. The van der Waals surface area contributed by atoms with Gasteiger partial charge in [-0.25, -0.2) is 4.79 Å². The van der Waals surface area contributed by atoms with Crippen LogP contribution in [0.3, 0.4) is 0 Å².